The topological polar surface area (TPSA) is 55.7 Å². The molecule has 2 aliphatic rings. The maximum absolute atomic E-state index is 13.6. The molecule has 34 heavy (non-hydrogen) atoms. The van der Waals surface area contributed by atoms with E-state index in [1.807, 2.05) is 35.3 Å². The van der Waals surface area contributed by atoms with Crippen LogP contribution in [-0.2, 0) is 24.1 Å². The summed E-state index contributed by atoms with van der Waals surface area (Å²) in [6.07, 6.45) is 7.67. The second-order valence-electron chi connectivity index (χ2n) is 8.91. The van der Waals surface area contributed by atoms with Crippen LogP contribution in [0.2, 0.25) is 0 Å². The first-order chi connectivity index (χ1) is 16.7. The van der Waals surface area contributed by atoms with Gasteiger partial charge < -0.3 is 24.3 Å². The molecule has 3 aromatic rings. The van der Waals surface area contributed by atoms with E-state index in [-0.39, 0.29) is 12.1 Å². The quantitative estimate of drug-likeness (QED) is 0.458. The average molecular weight is 480 g/mol. The third-order valence-corrected chi connectivity index (χ3v) is 8.08. The Morgan fingerprint density at radius 3 is 2.76 bits per heavy atom. The predicted molar refractivity (Wildman–Crippen MR) is 135 cm³/mol. The number of amides is 2. The van der Waals surface area contributed by atoms with Gasteiger partial charge in [-0.05, 0) is 74.4 Å². The van der Waals surface area contributed by atoms with Crippen LogP contribution in [0.15, 0.2) is 42.6 Å². The van der Waals surface area contributed by atoms with Gasteiger partial charge >= 0.3 is 6.03 Å². The highest BCUT2D eigenvalue weighted by Gasteiger charge is 2.35. The molecule has 0 unspecified atom stereocenters. The molecule has 0 saturated carbocycles. The summed E-state index contributed by atoms with van der Waals surface area (Å²) in [6.45, 7) is 4.45. The number of carbonyl (C=O) groups is 1. The molecule has 5 rings (SSSR count). The number of thiophene rings is 1. The second-order valence-corrected chi connectivity index (χ2v) is 9.99. The standard InChI is InChI=1S/C27H33N3O3S/c1-3-33-20-13-11-19(12-14-20)25-23-9-6-16-29(23)26-22(21-8-4-5-10-24(21)34-26)18-30(25)27(31)28-15-7-17-32-2/h6,9,11-14,16,25H,3-5,7-8,10,15,17-18H2,1-2H3,(H,28,31)/t25-/m1/s1. The summed E-state index contributed by atoms with van der Waals surface area (Å²) in [4.78, 5) is 17.2. The number of carbonyl (C=O) groups excluding carboxylic acids is 1. The normalized spacial score (nSPS) is 16.9. The Hall–Kier alpha value is -2.77. The molecule has 0 fully saturated rings. The van der Waals surface area contributed by atoms with Crippen molar-refractivity contribution in [3.05, 3.63) is 69.9 Å². The van der Waals surface area contributed by atoms with Crippen LogP contribution in [0.1, 0.15) is 59.5 Å². The SMILES string of the molecule is CCOc1ccc([C@@H]2c3cccn3-c3sc4c(c3CN2C(=O)NCCCOC)CCCC4)cc1. The summed E-state index contributed by atoms with van der Waals surface area (Å²) < 4.78 is 13.2. The van der Waals surface area contributed by atoms with Crippen LogP contribution in [0.5, 0.6) is 5.75 Å². The molecule has 7 heteroatoms. The van der Waals surface area contributed by atoms with Gasteiger partial charge in [-0.15, -0.1) is 11.3 Å². The van der Waals surface area contributed by atoms with Gasteiger partial charge in [-0.3, -0.25) is 0 Å². The Morgan fingerprint density at radius 2 is 1.97 bits per heavy atom. The van der Waals surface area contributed by atoms with E-state index < -0.39 is 0 Å². The molecule has 0 saturated heterocycles. The fourth-order valence-corrected chi connectivity index (χ4v) is 6.57. The molecule has 6 nitrogen and oxygen atoms in total. The molecule has 1 aromatic carbocycles. The van der Waals surface area contributed by atoms with Gasteiger partial charge in [-0.1, -0.05) is 12.1 Å². The highest BCUT2D eigenvalue weighted by Crippen LogP contribution is 2.44. The minimum atomic E-state index is -0.188. The van der Waals surface area contributed by atoms with Gasteiger partial charge in [0.2, 0.25) is 0 Å². The van der Waals surface area contributed by atoms with Crippen molar-refractivity contribution in [1.29, 1.82) is 0 Å². The molecule has 2 aromatic heterocycles. The fourth-order valence-electron chi connectivity index (χ4n) is 5.16. The molecule has 1 atom stereocenters. The van der Waals surface area contributed by atoms with E-state index in [1.165, 1.54) is 33.8 Å². The smallest absolute Gasteiger partial charge is 0.318 e. The lowest BCUT2D eigenvalue weighted by atomic mass is 9.95. The Bertz CT molecular complexity index is 1130. The number of ether oxygens (including phenoxy) is 2. The molecule has 0 bridgehead atoms. The Labute approximate surface area is 205 Å². The first-order valence-corrected chi connectivity index (χ1v) is 13.1. The minimum Gasteiger partial charge on any atom is -0.494 e. The van der Waals surface area contributed by atoms with Crippen molar-refractivity contribution < 1.29 is 14.3 Å². The Morgan fingerprint density at radius 1 is 1.15 bits per heavy atom. The number of aromatic nitrogens is 1. The monoisotopic (exact) mass is 479 g/mol. The van der Waals surface area contributed by atoms with Crippen molar-refractivity contribution in [2.24, 2.45) is 0 Å². The number of hydrogen-bond donors (Lipinski definition) is 1. The van der Waals surface area contributed by atoms with Crippen molar-refractivity contribution in [3.63, 3.8) is 0 Å². The fraction of sp³-hybridized carbons (Fsp3) is 0.444. The van der Waals surface area contributed by atoms with Crippen molar-refractivity contribution in [2.45, 2.75) is 51.6 Å². The van der Waals surface area contributed by atoms with E-state index in [4.69, 9.17) is 9.47 Å². The van der Waals surface area contributed by atoms with Crippen LogP contribution in [0.3, 0.4) is 0 Å². The van der Waals surface area contributed by atoms with Gasteiger partial charge in [0.25, 0.3) is 0 Å². The lowest BCUT2D eigenvalue weighted by molar-refractivity contribution is 0.174. The third kappa shape index (κ3) is 4.34. The van der Waals surface area contributed by atoms with E-state index in [0.717, 1.165) is 36.3 Å². The van der Waals surface area contributed by atoms with E-state index in [0.29, 0.717) is 26.3 Å². The molecule has 1 aliphatic carbocycles. The number of nitrogens with zero attached hydrogens (tertiary/aromatic N) is 2. The summed E-state index contributed by atoms with van der Waals surface area (Å²) >= 11 is 1.91. The number of nitrogens with one attached hydrogen (secondary N) is 1. The number of aryl methyl sites for hydroxylation is 1. The molecule has 3 heterocycles. The highest BCUT2D eigenvalue weighted by atomic mass is 32.1. The van der Waals surface area contributed by atoms with Crippen LogP contribution in [0.4, 0.5) is 4.79 Å². The molecule has 1 N–H and O–H groups in total. The molecule has 0 spiro atoms. The van der Waals surface area contributed by atoms with Gasteiger partial charge in [0, 0.05) is 36.9 Å². The van der Waals surface area contributed by atoms with E-state index in [2.05, 4.69) is 40.3 Å². The number of hydrogen-bond acceptors (Lipinski definition) is 4. The minimum absolute atomic E-state index is 0.0358. The van der Waals surface area contributed by atoms with Crippen molar-refractivity contribution in [3.8, 4) is 10.8 Å². The average Bonchev–Trinajstić information content (AvgIpc) is 3.44. The van der Waals surface area contributed by atoms with Crippen molar-refractivity contribution in [1.82, 2.24) is 14.8 Å². The largest absolute Gasteiger partial charge is 0.494 e. The van der Waals surface area contributed by atoms with Crippen LogP contribution in [0, 0.1) is 0 Å². The number of urea groups is 1. The van der Waals surface area contributed by atoms with Crippen molar-refractivity contribution in [2.75, 3.05) is 26.9 Å². The number of methoxy groups -OCH3 is 1. The van der Waals surface area contributed by atoms with E-state index in [1.54, 1.807) is 7.11 Å². The summed E-state index contributed by atoms with van der Waals surface area (Å²) in [5.74, 6) is 0.846. The predicted octanol–water partition coefficient (Wildman–Crippen LogP) is 5.47. The zero-order valence-corrected chi connectivity index (χ0v) is 20.8. The lowest BCUT2D eigenvalue weighted by Crippen LogP contribution is -2.42. The first-order valence-electron chi connectivity index (χ1n) is 12.3. The number of fused-ring (bicyclic) bond motifs is 5. The Kier molecular flexibility index (Phi) is 6.92. The van der Waals surface area contributed by atoms with Gasteiger partial charge in [0.15, 0.2) is 0 Å². The molecule has 180 valence electrons. The molecule has 0 radical (unpaired) electrons. The second kappa shape index (κ2) is 10.2. The lowest BCUT2D eigenvalue weighted by Gasteiger charge is -2.31. The number of rotatable bonds is 7. The third-order valence-electron chi connectivity index (χ3n) is 6.75. The van der Waals surface area contributed by atoms with Crippen LogP contribution < -0.4 is 10.1 Å². The molecular formula is C27H33N3O3S. The zero-order valence-electron chi connectivity index (χ0n) is 20.0. The molecule has 2 amide bonds. The van der Waals surface area contributed by atoms with Gasteiger partial charge in [-0.2, -0.15) is 0 Å². The van der Waals surface area contributed by atoms with Gasteiger partial charge in [-0.25, -0.2) is 4.79 Å². The molecule has 1 aliphatic heterocycles. The summed E-state index contributed by atoms with van der Waals surface area (Å²) in [7, 11) is 1.69. The van der Waals surface area contributed by atoms with E-state index >= 15 is 0 Å². The summed E-state index contributed by atoms with van der Waals surface area (Å²) in [5, 5.41) is 4.42. The number of benzene rings is 1. The zero-order chi connectivity index (χ0) is 23.5. The summed E-state index contributed by atoms with van der Waals surface area (Å²) in [6, 6.07) is 12.2. The highest BCUT2D eigenvalue weighted by molar-refractivity contribution is 7.15. The van der Waals surface area contributed by atoms with E-state index in [9.17, 15) is 4.79 Å². The van der Waals surface area contributed by atoms with Crippen LogP contribution in [-0.4, -0.2) is 42.4 Å². The first kappa shape index (κ1) is 23.0. The summed E-state index contributed by atoms with van der Waals surface area (Å²) in [5.41, 5.74) is 4.99. The maximum Gasteiger partial charge on any atom is 0.318 e. The van der Waals surface area contributed by atoms with Crippen molar-refractivity contribution >= 4 is 17.4 Å². The van der Waals surface area contributed by atoms with Crippen LogP contribution in [0.25, 0.3) is 5.00 Å². The van der Waals surface area contributed by atoms with Gasteiger partial charge in [0.1, 0.15) is 10.8 Å². The Balaban J connectivity index is 1.57. The maximum atomic E-state index is 13.6. The van der Waals surface area contributed by atoms with Crippen LogP contribution >= 0.6 is 11.3 Å². The molecular weight excluding hydrogens is 446 g/mol. The van der Waals surface area contributed by atoms with Gasteiger partial charge in [0.05, 0.1) is 24.9 Å².